The molecule has 1 rings (SSSR count). The van der Waals surface area contributed by atoms with Crippen LogP contribution in [0.1, 0.15) is 46.5 Å². The highest BCUT2D eigenvalue weighted by atomic mass is 32.1. The number of aromatic nitrogens is 1. The van der Waals surface area contributed by atoms with Crippen LogP contribution in [0.4, 0.5) is 10.1 Å². The fourth-order valence-electron chi connectivity index (χ4n) is 1.69. The molecule has 1 heterocycles. The van der Waals surface area contributed by atoms with E-state index in [9.17, 15) is 10.1 Å². The average molecular weight is 271 g/mol. The van der Waals surface area contributed by atoms with Gasteiger partial charge in [0.1, 0.15) is 6.20 Å². The molecule has 0 bridgehead atoms. The van der Waals surface area contributed by atoms with E-state index in [1.165, 1.54) is 25.5 Å². The summed E-state index contributed by atoms with van der Waals surface area (Å²) in [5.74, 6) is 0. The summed E-state index contributed by atoms with van der Waals surface area (Å²) in [5.41, 5.74) is 0.190. The molecule has 18 heavy (non-hydrogen) atoms. The molecule has 1 aromatic heterocycles. The van der Waals surface area contributed by atoms with Crippen molar-refractivity contribution in [1.82, 2.24) is 4.98 Å². The normalized spacial score (nSPS) is 11.5. The minimum absolute atomic E-state index is 0.0845. The summed E-state index contributed by atoms with van der Waals surface area (Å²) in [4.78, 5) is 14.1. The van der Waals surface area contributed by atoms with Crippen molar-refractivity contribution in [3.8, 4) is 0 Å². The maximum absolute atomic E-state index is 10.5. The molecule has 1 aromatic rings. The van der Waals surface area contributed by atoms with E-state index in [-0.39, 0.29) is 10.4 Å². The molecule has 0 spiro atoms. The van der Waals surface area contributed by atoms with Crippen molar-refractivity contribution in [3.63, 3.8) is 0 Å². The summed E-state index contributed by atoms with van der Waals surface area (Å²) in [5, 5.41) is 14.4. The lowest BCUT2D eigenvalue weighted by Crippen LogP contribution is -2.22. The SMILES string of the molecule is CCCCCC(C)(C)CNc1ncc([N+](=O)[O-])s1. The first-order valence-electron chi connectivity index (χ1n) is 6.29. The number of thiazole rings is 1. The molecule has 0 atom stereocenters. The van der Waals surface area contributed by atoms with E-state index in [2.05, 4.69) is 31.1 Å². The van der Waals surface area contributed by atoms with E-state index < -0.39 is 4.92 Å². The molecular formula is C12H21N3O2S. The smallest absolute Gasteiger partial charge is 0.345 e. The molecule has 0 fully saturated rings. The minimum atomic E-state index is -0.408. The predicted molar refractivity (Wildman–Crippen MR) is 75.2 cm³/mol. The topological polar surface area (TPSA) is 68.1 Å². The lowest BCUT2D eigenvalue weighted by molar-refractivity contribution is -0.380. The summed E-state index contributed by atoms with van der Waals surface area (Å²) >= 11 is 1.09. The Kier molecular flexibility index (Phi) is 5.53. The maximum Gasteiger partial charge on any atom is 0.345 e. The Hall–Kier alpha value is -1.17. The van der Waals surface area contributed by atoms with E-state index >= 15 is 0 Å². The van der Waals surface area contributed by atoms with Crippen LogP contribution in [-0.2, 0) is 0 Å². The van der Waals surface area contributed by atoms with Crippen LogP contribution in [0.3, 0.4) is 0 Å². The first-order chi connectivity index (χ1) is 8.44. The van der Waals surface area contributed by atoms with Gasteiger partial charge in [0, 0.05) is 6.54 Å². The van der Waals surface area contributed by atoms with Crippen LogP contribution < -0.4 is 5.32 Å². The second-order valence-electron chi connectivity index (χ2n) is 5.24. The van der Waals surface area contributed by atoms with Crippen molar-refractivity contribution >= 4 is 21.5 Å². The van der Waals surface area contributed by atoms with Crippen molar-refractivity contribution < 1.29 is 4.92 Å². The van der Waals surface area contributed by atoms with Gasteiger partial charge >= 0.3 is 5.00 Å². The second-order valence-corrected chi connectivity index (χ2v) is 6.24. The zero-order chi connectivity index (χ0) is 13.6. The molecule has 0 aromatic carbocycles. The van der Waals surface area contributed by atoms with Crippen LogP contribution in [0.25, 0.3) is 0 Å². The van der Waals surface area contributed by atoms with E-state index in [0.29, 0.717) is 5.13 Å². The summed E-state index contributed by atoms with van der Waals surface area (Å²) < 4.78 is 0. The van der Waals surface area contributed by atoms with Gasteiger partial charge in [0.25, 0.3) is 0 Å². The molecule has 0 aliphatic carbocycles. The molecule has 0 aliphatic heterocycles. The Morgan fingerprint density at radius 3 is 2.78 bits per heavy atom. The van der Waals surface area contributed by atoms with Crippen molar-refractivity contribution in [1.29, 1.82) is 0 Å². The van der Waals surface area contributed by atoms with Crippen LogP contribution in [0.2, 0.25) is 0 Å². The maximum atomic E-state index is 10.5. The number of anilines is 1. The molecule has 0 saturated carbocycles. The molecule has 5 nitrogen and oxygen atoms in total. The third-order valence-electron chi connectivity index (χ3n) is 2.85. The third-order valence-corrected chi connectivity index (χ3v) is 3.76. The number of hydrogen-bond donors (Lipinski definition) is 1. The molecule has 0 radical (unpaired) electrons. The average Bonchev–Trinajstić information content (AvgIpc) is 2.75. The highest BCUT2D eigenvalue weighted by Gasteiger charge is 2.18. The van der Waals surface area contributed by atoms with Crippen LogP contribution in [0.15, 0.2) is 6.20 Å². The van der Waals surface area contributed by atoms with Crippen LogP contribution in [-0.4, -0.2) is 16.5 Å². The Labute approximate surface area is 112 Å². The van der Waals surface area contributed by atoms with Crippen LogP contribution in [0, 0.1) is 15.5 Å². The zero-order valence-corrected chi connectivity index (χ0v) is 12.0. The molecule has 0 amide bonds. The van der Waals surface area contributed by atoms with Gasteiger partial charge in [-0.3, -0.25) is 10.1 Å². The van der Waals surface area contributed by atoms with Gasteiger partial charge in [-0.1, -0.05) is 40.0 Å². The minimum Gasteiger partial charge on any atom is -0.361 e. The lowest BCUT2D eigenvalue weighted by atomic mass is 9.87. The number of unbranched alkanes of at least 4 members (excludes halogenated alkanes) is 2. The quantitative estimate of drug-likeness (QED) is 0.439. The third kappa shape index (κ3) is 5.00. The Morgan fingerprint density at radius 1 is 1.50 bits per heavy atom. The Morgan fingerprint density at radius 2 is 2.22 bits per heavy atom. The second kappa shape index (κ2) is 6.68. The van der Waals surface area contributed by atoms with Gasteiger partial charge in [0.2, 0.25) is 0 Å². The summed E-state index contributed by atoms with van der Waals surface area (Å²) in [7, 11) is 0. The molecule has 0 unspecified atom stereocenters. The van der Waals surface area contributed by atoms with Gasteiger partial charge in [-0.2, -0.15) is 0 Å². The van der Waals surface area contributed by atoms with Crippen molar-refractivity contribution in [2.75, 3.05) is 11.9 Å². The van der Waals surface area contributed by atoms with E-state index in [1.807, 2.05) is 0 Å². The summed E-state index contributed by atoms with van der Waals surface area (Å²) in [6, 6.07) is 0. The lowest BCUT2D eigenvalue weighted by Gasteiger charge is -2.24. The number of nitro groups is 1. The monoisotopic (exact) mass is 271 g/mol. The Bertz CT molecular complexity index is 390. The highest BCUT2D eigenvalue weighted by molar-refractivity contribution is 7.18. The Balaban J connectivity index is 2.40. The van der Waals surface area contributed by atoms with Gasteiger partial charge in [-0.15, -0.1) is 0 Å². The molecule has 102 valence electrons. The first-order valence-corrected chi connectivity index (χ1v) is 7.10. The molecule has 0 aliphatic rings. The fourth-order valence-corrected chi connectivity index (χ4v) is 2.32. The van der Waals surface area contributed by atoms with E-state index in [4.69, 9.17) is 0 Å². The highest BCUT2D eigenvalue weighted by Crippen LogP contribution is 2.28. The number of nitrogens with one attached hydrogen (secondary N) is 1. The van der Waals surface area contributed by atoms with E-state index in [1.54, 1.807) is 0 Å². The zero-order valence-electron chi connectivity index (χ0n) is 11.2. The molecule has 6 heteroatoms. The van der Waals surface area contributed by atoms with Gasteiger partial charge in [0.05, 0.1) is 4.92 Å². The largest absolute Gasteiger partial charge is 0.361 e. The fraction of sp³-hybridized carbons (Fsp3) is 0.750. The van der Waals surface area contributed by atoms with Crippen molar-refractivity contribution in [3.05, 3.63) is 16.3 Å². The van der Waals surface area contributed by atoms with Crippen LogP contribution >= 0.6 is 11.3 Å². The van der Waals surface area contributed by atoms with Crippen molar-refractivity contribution in [2.24, 2.45) is 5.41 Å². The predicted octanol–water partition coefficient (Wildman–Crippen LogP) is 4.07. The van der Waals surface area contributed by atoms with Gasteiger partial charge < -0.3 is 5.32 Å². The van der Waals surface area contributed by atoms with Gasteiger partial charge in [-0.05, 0) is 23.2 Å². The first kappa shape index (κ1) is 14.9. The standard InChI is InChI=1S/C12H21N3O2S/c1-4-5-6-7-12(2,3)9-14-11-13-8-10(18-11)15(16)17/h8H,4-7,9H2,1-3H3,(H,13,14). The number of rotatable bonds is 8. The van der Waals surface area contributed by atoms with Gasteiger partial charge in [0.15, 0.2) is 5.13 Å². The van der Waals surface area contributed by atoms with Crippen LogP contribution in [0.5, 0.6) is 0 Å². The van der Waals surface area contributed by atoms with Crippen molar-refractivity contribution in [2.45, 2.75) is 46.5 Å². The molecule has 1 N–H and O–H groups in total. The summed E-state index contributed by atoms with van der Waals surface area (Å²) in [6.07, 6.45) is 6.16. The van der Waals surface area contributed by atoms with Gasteiger partial charge in [-0.25, -0.2) is 4.98 Å². The summed E-state index contributed by atoms with van der Waals surface area (Å²) in [6.45, 7) is 7.40. The number of hydrogen-bond acceptors (Lipinski definition) is 5. The molecule has 0 saturated heterocycles. The molecular weight excluding hydrogens is 250 g/mol. The van der Waals surface area contributed by atoms with E-state index in [0.717, 1.165) is 24.3 Å². The number of nitrogens with zero attached hydrogens (tertiary/aromatic N) is 2.